The molecule has 0 atom stereocenters. The molecule has 6 nitrogen and oxygen atoms in total. The van der Waals surface area contributed by atoms with Gasteiger partial charge in [0, 0.05) is 17.0 Å². The summed E-state index contributed by atoms with van der Waals surface area (Å²) in [5.74, 6) is -0.405. The fourth-order valence-electron chi connectivity index (χ4n) is 2.14. The number of benzene rings is 1. The third-order valence-corrected chi connectivity index (χ3v) is 4.43. The van der Waals surface area contributed by atoms with Crippen molar-refractivity contribution < 1.29 is 23.9 Å². The second-order valence-corrected chi connectivity index (χ2v) is 6.79. The highest BCUT2D eigenvalue weighted by Gasteiger charge is 2.13. The summed E-state index contributed by atoms with van der Waals surface area (Å²) in [7, 11) is 0. The van der Waals surface area contributed by atoms with Gasteiger partial charge in [-0.15, -0.1) is 11.3 Å². The van der Waals surface area contributed by atoms with Crippen LogP contribution in [0.2, 0.25) is 0 Å². The zero-order chi connectivity index (χ0) is 18.9. The van der Waals surface area contributed by atoms with E-state index in [1.807, 2.05) is 19.9 Å². The second-order valence-electron chi connectivity index (χ2n) is 5.50. The molecular weight excluding hydrogens is 354 g/mol. The molecule has 0 spiro atoms. The van der Waals surface area contributed by atoms with Crippen LogP contribution in [0, 0.1) is 6.92 Å². The molecule has 0 aliphatic rings. The van der Waals surface area contributed by atoms with Gasteiger partial charge in [0.1, 0.15) is 5.75 Å². The Morgan fingerprint density at radius 1 is 1.04 bits per heavy atom. The molecule has 0 fully saturated rings. The number of nitrogens with one attached hydrogen (secondary N) is 1. The third-order valence-electron chi connectivity index (χ3n) is 3.38. The number of carbonyl (C=O) groups excluding carboxylic acids is 3. The molecule has 1 aromatic carbocycles. The van der Waals surface area contributed by atoms with Gasteiger partial charge in [-0.25, -0.2) is 0 Å². The summed E-state index contributed by atoms with van der Waals surface area (Å²) in [5, 5.41) is 2.62. The molecule has 0 aliphatic heterocycles. The van der Waals surface area contributed by atoms with Gasteiger partial charge in [-0.05, 0) is 50.2 Å². The predicted molar refractivity (Wildman–Crippen MR) is 99.8 cm³/mol. The van der Waals surface area contributed by atoms with Crippen LogP contribution in [0.3, 0.4) is 0 Å². The normalized spacial score (nSPS) is 10.2. The molecule has 2 aromatic rings. The fraction of sp³-hybridized carbons (Fsp3) is 0.316. The molecule has 0 saturated carbocycles. The Morgan fingerprint density at radius 2 is 1.77 bits per heavy atom. The monoisotopic (exact) mass is 375 g/mol. The molecule has 0 saturated heterocycles. The average Bonchev–Trinajstić information content (AvgIpc) is 3.06. The van der Waals surface area contributed by atoms with Crippen LogP contribution in [0.15, 0.2) is 36.4 Å². The maximum absolute atomic E-state index is 11.9. The first-order valence-electron chi connectivity index (χ1n) is 8.26. The van der Waals surface area contributed by atoms with Crippen molar-refractivity contribution >= 4 is 34.7 Å². The fourth-order valence-corrected chi connectivity index (χ4v) is 2.97. The van der Waals surface area contributed by atoms with E-state index in [2.05, 4.69) is 5.32 Å². The van der Waals surface area contributed by atoms with Crippen molar-refractivity contribution in [3.63, 3.8) is 0 Å². The SMILES string of the molecule is CCOc1ccc(NC(=O)COC(=O)CCC(=O)c2ccc(C)s2)cc1. The number of anilines is 1. The average molecular weight is 375 g/mol. The van der Waals surface area contributed by atoms with Gasteiger partial charge in [0.2, 0.25) is 0 Å². The van der Waals surface area contributed by atoms with Gasteiger partial charge in [-0.1, -0.05) is 0 Å². The molecular formula is C19H21NO5S. The number of hydrogen-bond donors (Lipinski definition) is 1. The first-order chi connectivity index (χ1) is 12.5. The standard InChI is InChI=1S/C19H21NO5S/c1-3-24-15-7-5-14(6-8-15)20-18(22)12-25-19(23)11-9-16(21)17-10-4-13(2)26-17/h4-8,10H,3,9,11-12H2,1-2H3,(H,20,22). The first kappa shape index (κ1) is 19.7. The molecule has 7 heteroatoms. The van der Waals surface area contributed by atoms with E-state index in [1.54, 1.807) is 30.3 Å². The largest absolute Gasteiger partial charge is 0.494 e. The minimum Gasteiger partial charge on any atom is -0.494 e. The highest BCUT2D eigenvalue weighted by atomic mass is 32.1. The number of esters is 1. The molecule has 1 heterocycles. The zero-order valence-corrected chi connectivity index (χ0v) is 15.6. The minimum absolute atomic E-state index is 0.0495. The number of Topliss-reactive ketones (excluding diaryl/α,β-unsaturated/α-hetero) is 1. The van der Waals surface area contributed by atoms with E-state index in [9.17, 15) is 14.4 Å². The van der Waals surface area contributed by atoms with E-state index in [0.29, 0.717) is 22.9 Å². The molecule has 1 amide bonds. The Kier molecular flexibility index (Phi) is 7.35. The Labute approximate surface area is 156 Å². The number of thiophene rings is 1. The summed E-state index contributed by atoms with van der Waals surface area (Å²) >= 11 is 1.40. The quantitative estimate of drug-likeness (QED) is 0.535. The molecule has 26 heavy (non-hydrogen) atoms. The smallest absolute Gasteiger partial charge is 0.306 e. The zero-order valence-electron chi connectivity index (χ0n) is 14.7. The highest BCUT2D eigenvalue weighted by Crippen LogP contribution is 2.18. The maximum Gasteiger partial charge on any atom is 0.306 e. The molecule has 0 bridgehead atoms. The number of amides is 1. The predicted octanol–water partition coefficient (Wildman–Crippen LogP) is 3.60. The number of ether oxygens (including phenoxy) is 2. The lowest BCUT2D eigenvalue weighted by molar-refractivity contribution is -0.147. The topological polar surface area (TPSA) is 81.7 Å². The molecule has 1 N–H and O–H groups in total. The van der Waals surface area contributed by atoms with Crippen molar-refractivity contribution in [1.29, 1.82) is 0 Å². The van der Waals surface area contributed by atoms with Gasteiger partial charge in [0.15, 0.2) is 12.4 Å². The van der Waals surface area contributed by atoms with Crippen LogP contribution in [-0.2, 0) is 14.3 Å². The lowest BCUT2D eigenvalue weighted by Crippen LogP contribution is -2.21. The number of carbonyl (C=O) groups is 3. The van der Waals surface area contributed by atoms with Gasteiger partial charge in [0.25, 0.3) is 5.91 Å². The van der Waals surface area contributed by atoms with E-state index < -0.39 is 18.5 Å². The van der Waals surface area contributed by atoms with E-state index in [0.717, 1.165) is 4.88 Å². The molecule has 1 aromatic heterocycles. The molecule has 0 unspecified atom stereocenters. The lowest BCUT2D eigenvalue weighted by atomic mass is 10.2. The Balaban J connectivity index is 1.69. The summed E-state index contributed by atoms with van der Waals surface area (Å²) in [4.78, 5) is 37.1. The lowest BCUT2D eigenvalue weighted by Gasteiger charge is -2.08. The molecule has 0 aliphatic carbocycles. The van der Waals surface area contributed by atoms with Gasteiger partial charge >= 0.3 is 5.97 Å². The molecule has 2 rings (SSSR count). The van der Waals surface area contributed by atoms with Gasteiger partial charge in [-0.2, -0.15) is 0 Å². The van der Waals surface area contributed by atoms with Crippen molar-refractivity contribution in [3.05, 3.63) is 46.2 Å². The Morgan fingerprint density at radius 3 is 2.38 bits per heavy atom. The van der Waals surface area contributed by atoms with Gasteiger partial charge in [-0.3, -0.25) is 14.4 Å². The third kappa shape index (κ3) is 6.33. The van der Waals surface area contributed by atoms with Crippen LogP contribution in [0.1, 0.15) is 34.3 Å². The van der Waals surface area contributed by atoms with E-state index >= 15 is 0 Å². The van der Waals surface area contributed by atoms with Crippen LogP contribution < -0.4 is 10.1 Å². The molecule has 0 radical (unpaired) electrons. The van der Waals surface area contributed by atoms with Gasteiger partial charge in [0.05, 0.1) is 17.9 Å². The van der Waals surface area contributed by atoms with Crippen LogP contribution in [-0.4, -0.2) is 30.9 Å². The van der Waals surface area contributed by atoms with Crippen molar-refractivity contribution in [2.24, 2.45) is 0 Å². The van der Waals surface area contributed by atoms with Crippen molar-refractivity contribution in [1.82, 2.24) is 0 Å². The summed E-state index contributed by atoms with van der Waals surface area (Å²) in [6, 6.07) is 10.5. The van der Waals surface area contributed by atoms with E-state index in [-0.39, 0.29) is 18.6 Å². The number of ketones is 1. The number of rotatable bonds is 9. The van der Waals surface area contributed by atoms with Crippen LogP contribution >= 0.6 is 11.3 Å². The summed E-state index contributed by atoms with van der Waals surface area (Å²) < 4.78 is 10.2. The minimum atomic E-state index is -0.575. The first-order valence-corrected chi connectivity index (χ1v) is 9.07. The van der Waals surface area contributed by atoms with Crippen molar-refractivity contribution in [3.8, 4) is 5.75 Å². The van der Waals surface area contributed by atoms with E-state index in [1.165, 1.54) is 11.3 Å². The van der Waals surface area contributed by atoms with Crippen LogP contribution in [0.4, 0.5) is 5.69 Å². The molecule has 138 valence electrons. The summed E-state index contributed by atoms with van der Waals surface area (Å²) in [6.07, 6.45) is 0.0193. The second kappa shape index (κ2) is 9.72. The van der Waals surface area contributed by atoms with Gasteiger partial charge < -0.3 is 14.8 Å². The number of aryl methyl sites for hydroxylation is 1. The Bertz CT molecular complexity index is 766. The summed E-state index contributed by atoms with van der Waals surface area (Å²) in [6.45, 7) is 3.98. The Hall–Kier alpha value is -2.67. The van der Waals surface area contributed by atoms with Crippen molar-refractivity contribution in [2.75, 3.05) is 18.5 Å². The summed E-state index contributed by atoms with van der Waals surface area (Å²) in [5.41, 5.74) is 0.581. The van der Waals surface area contributed by atoms with Crippen LogP contribution in [0.5, 0.6) is 5.75 Å². The number of hydrogen-bond acceptors (Lipinski definition) is 6. The van der Waals surface area contributed by atoms with Crippen molar-refractivity contribution in [2.45, 2.75) is 26.7 Å². The highest BCUT2D eigenvalue weighted by molar-refractivity contribution is 7.14. The van der Waals surface area contributed by atoms with E-state index in [4.69, 9.17) is 9.47 Å². The van der Waals surface area contributed by atoms with Crippen LogP contribution in [0.25, 0.3) is 0 Å². The maximum atomic E-state index is 11.9.